The van der Waals surface area contributed by atoms with E-state index in [1.807, 2.05) is 0 Å². The Morgan fingerprint density at radius 2 is 2.25 bits per heavy atom. The van der Waals surface area contributed by atoms with Crippen LogP contribution in [0.2, 0.25) is 0 Å². The molecular weight excluding hydrogens is 277 g/mol. The molecule has 1 aliphatic rings. The quantitative estimate of drug-likeness (QED) is 0.844. The zero-order valence-corrected chi connectivity index (χ0v) is 12.5. The third-order valence-corrected chi connectivity index (χ3v) is 4.57. The van der Waals surface area contributed by atoms with E-state index in [1.54, 1.807) is 18.2 Å². The minimum atomic E-state index is -0.334. The van der Waals surface area contributed by atoms with Gasteiger partial charge in [-0.2, -0.15) is 0 Å². The van der Waals surface area contributed by atoms with Crippen molar-refractivity contribution in [3.8, 4) is 0 Å². The summed E-state index contributed by atoms with van der Waals surface area (Å²) < 4.78 is 13.6. The van der Waals surface area contributed by atoms with Crippen LogP contribution in [0.3, 0.4) is 0 Å². The second kappa shape index (κ2) is 6.57. The van der Waals surface area contributed by atoms with Crippen molar-refractivity contribution < 1.29 is 9.18 Å². The summed E-state index contributed by atoms with van der Waals surface area (Å²) in [6.45, 7) is 2.18. The SMILES string of the molecule is CC1CCCC(CCl)(NC(=O)Cc2ccccc2F)C1. The number of rotatable bonds is 4. The highest BCUT2D eigenvalue weighted by molar-refractivity contribution is 6.18. The molecular formula is C16H21ClFNO. The van der Waals surface area contributed by atoms with Crippen molar-refractivity contribution in [1.29, 1.82) is 0 Å². The predicted octanol–water partition coefficient (Wildman–Crippen LogP) is 3.67. The maximum atomic E-state index is 13.6. The smallest absolute Gasteiger partial charge is 0.224 e. The summed E-state index contributed by atoms with van der Waals surface area (Å²) in [4.78, 5) is 12.2. The Balaban J connectivity index is 2.01. The fraction of sp³-hybridized carbons (Fsp3) is 0.562. The normalized spacial score (nSPS) is 26.2. The summed E-state index contributed by atoms with van der Waals surface area (Å²) in [5.41, 5.74) is 0.111. The fourth-order valence-electron chi connectivity index (χ4n) is 3.08. The van der Waals surface area contributed by atoms with Gasteiger partial charge in [-0.15, -0.1) is 11.6 Å². The van der Waals surface area contributed by atoms with Crippen LogP contribution in [0.4, 0.5) is 4.39 Å². The predicted molar refractivity (Wildman–Crippen MR) is 79.3 cm³/mol. The van der Waals surface area contributed by atoms with Crippen LogP contribution in [0.5, 0.6) is 0 Å². The molecule has 1 amide bonds. The monoisotopic (exact) mass is 297 g/mol. The van der Waals surface area contributed by atoms with Gasteiger partial charge in [-0.05, 0) is 30.4 Å². The molecule has 0 heterocycles. The van der Waals surface area contributed by atoms with Gasteiger partial charge in [-0.25, -0.2) is 4.39 Å². The van der Waals surface area contributed by atoms with Crippen LogP contribution in [-0.4, -0.2) is 17.3 Å². The summed E-state index contributed by atoms with van der Waals surface area (Å²) in [5.74, 6) is 0.501. The molecule has 1 aromatic rings. The lowest BCUT2D eigenvalue weighted by Crippen LogP contribution is -2.53. The summed E-state index contributed by atoms with van der Waals surface area (Å²) in [5, 5.41) is 3.05. The Bertz CT molecular complexity index is 479. The first kappa shape index (κ1) is 15.3. The highest BCUT2D eigenvalue weighted by Gasteiger charge is 2.35. The van der Waals surface area contributed by atoms with E-state index in [4.69, 9.17) is 11.6 Å². The molecule has 1 N–H and O–H groups in total. The molecule has 0 spiro atoms. The third kappa shape index (κ3) is 3.72. The first-order valence-corrected chi connectivity index (χ1v) is 7.68. The number of alkyl halides is 1. The van der Waals surface area contributed by atoms with E-state index in [-0.39, 0.29) is 23.7 Å². The molecule has 0 radical (unpaired) electrons. The number of hydrogen-bond acceptors (Lipinski definition) is 1. The molecule has 20 heavy (non-hydrogen) atoms. The van der Waals surface area contributed by atoms with Crippen molar-refractivity contribution in [1.82, 2.24) is 5.32 Å². The Labute approximate surface area is 124 Å². The van der Waals surface area contributed by atoms with Crippen molar-refractivity contribution in [3.63, 3.8) is 0 Å². The van der Waals surface area contributed by atoms with Crippen LogP contribution in [0.15, 0.2) is 24.3 Å². The van der Waals surface area contributed by atoms with Gasteiger partial charge in [0.2, 0.25) is 5.91 Å². The summed E-state index contributed by atoms with van der Waals surface area (Å²) in [6, 6.07) is 6.39. The molecule has 0 aliphatic heterocycles. The molecule has 2 atom stereocenters. The number of carbonyl (C=O) groups is 1. The van der Waals surface area contributed by atoms with Crippen LogP contribution in [0, 0.1) is 11.7 Å². The summed E-state index contributed by atoms with van der Waals surface area (Å²) in [7, 11) is 0. The molecule has 0 bridgehead atoms. The van der Waals surface area contributed by atoms with Crippen LogP contribution in [0.25, 0.3) is 0 Å². The Morgan fingerprint density at radius 1 is 1.50 bits per heavy atom. The van der Waals surface area contributed by atoms with E-state index in [2.05, 4.69) is 12.2 Å². The lowest BCUT2D eigenvalue weighted by Gasteiger charge is -2.39. The van der Waals surface area contributed by atoms with E-state index in [0.717, 1.165) is 19.3 Å². The molecule has 0 saturated heterocycles. The van der Waals surface area contributed by atoms with Crippen molar-refractivity contribution in [2.24, 2.45) is 5.92 Å². The number of halogens is 2. The zero-order valence-electron chi connectivity index (χ0n) is 11.8. The third-order valence-electron chi connectivity index (χ3n) is 4.06. The van der Waals surface area contributed by atoms with Gasteiger partial charge in [-0.3, -0.25) is 4.79 Å². The molecule has 4 heteroatoms. The maximum absolute atomic E-state index is 13.6. The lowest BCUT2D eigenvalue weighted by molar-refractivity contribution is -0.122. The minimum Gasteiger partial charge on any atom is -0.349 e. The van der Waals surface area contributed by atoms with Gasteiger partial charge in [-0.1, -0.05) is 38.0 Å². The maximum Gasteiger partial charge on any atom is 0.224 e. The van der Waals surface area contributed by atoms with E-state index in [0.29, 0.717) is 17.4 Å². The molecule has 1 aromatic carbocycles. The van der Waals surface area contributed by atoms with Crippen molar-refractivity contribution in [3.05, 3.63) is 35.6 Å². The van der Waals surface area contributed by atoms with Gasteiger partial charge in [0.1, 0.15) is 5.82 Å². The summed E-state index contributed by atoms with van der Waals surface area (Å²) in [6.07, 6.45) is 4.14. The van der Waals surface area contributed by atoms with Gasteiger partial charge < -0.3 is 5.32 Å². The first-order valence-electron chi connectivity index (χ1n) is 7.15. The Hall–Kier alpha value is -1.09. The van der Waals surface area contributed by atoms with Gasteiger partial charge in [0.05, 0.1) is 12.0 Å². The molecule has 1 fully saturated rings. The molecule has 110 valence electrons. The van der Waals surface area contributed by atoms with Gasteiger partial charge in [0.25, 0.3) is 0 Å². The highest BCUT2D eigenvalue weighted by atomic mass is 35.5. The molecule has 2 rings (SSSR count). The molecule has 0 aromatic heterocycles. The average molecular weight is 298 g/mol. The van der Waals surface area contributed by atoms with Crippen LogP contribution >= 0.6 is 11.6 Å². The summed E-state index contributed by atoms with van der Waals surface area (Å²) >= 11 is 6.09. The second-order valence-electron chi connectivity index (χ2n) is 5.93. The van der Waals surface area contributed by atoms with Crippen LogP contribution in [0.1, 0.15) is 38.2 Å². The van der Waals surface area contributed by atoms with E-state index >= 15 is 0 Å². The Morgan fingerprint density at radius 3 is 2.90 bits per heavy atom. The molecule has 1 saturated carbocycles. The van der Waals surface area contributed by atoms with E-state index in [1.165, 1.54) is 12.5 Å². The molecule has 2 unspecified atom stereocenters. The molecule has 2 nitrogen and oxygen atoms in total. The first-order chi connectivity index (χ1) is 9.54. The van der Waals surface area contributed by atoms with E-state index < -0.39 is 0 Å². The largest absolute Gasteiger partial charge is 0.349 e. The van der Waals surface area contributed by atoms with Crippen LogP contribution in [-0.2, 0) is 11.2 Å². The zero-order chi connectivity index (χ0) is 14.6. The standard InChI is InChI=1S/C16H21ClFNO/c1-12-5-4-8-16(10-12,11-17)19-15(20)9-13-6-2-3-7-14(13)18/h2-3,6-7,12H,4-5,8-11H2,1H3,(H,19,20). The number of benzene rings is 1. The lowest BCUT2D eigenvalue weighted by atomic mass is 9.77. The van der Waals surface area contributed by atoms with Gasteiger partial charge in [0, 0.05) is 5.88 Å². The van der Waals surface area contributed by atoms with Crippen molar-refractivity contribution in [2.45, 2.75) is 44.6 Å². The van der Waals surface area contributed by atoms with Crippen molar-refractivity contribution >= 4 is 17.5 Å². The van der Waals surface area contributed by atoms with Gasteiger partial charge >= 0.3 is 0 Å². The second-order valence-corrected chi connectivity index (χ2v) is 6.20. The number of nitrogens with one attached hydrogen (secondary N) is 1. The van der Waals surface area contributed by atoms with Gasteiger partial charge in [0.15, 0.2) is 0 Å². The number of hydrogen-bond donors (Lipinski definition) is 1. The average Bonchev–Trinajstić information content (AvgIpc) is 2.41. The van der Waals surface area contributed by atoms with Crippen LogP contribution < -0.4 is 5.32 Å². The molecule has 1 aliphatic carbocycles. The minimum absolute atomic E-state index is 0.0691. The highest BCUT2D eigenvalue weighted by Crippen LogP contribution is 2.33. The fourth-order valence-corrected chi connectivity index (χ4v) is 3.39. The Kier molecular flexibility index (Phi) is 5.03. The van der Waals surface area contributed by atoms with E-state index in [9.17, 15) is 9.18 Å². The number of amides is 1. The topological polar surface area (TPSA) is 29.1 Å². The number of carbonyl (C=O) groups excluding carboxylic acids is 1. The van der Waals surface area contributed by atoms with Crippen molar-refractivity contribution in [2.75, 3.05) is 5.88 Å².